The van der Waals surface area contributed by atoms with E-state index in [0.717, 1.165) is 4.70 Å². The van der Waals surface area contributed by atoms with Crippen LogP contribution in [0.5, 0.6) is 17.4 Å². The number of halogens is 1. The maximum Gasteiger partial charge on any atom is 0.242 e. The predicted octanol–water partition coefficient (Wildman–Crippen LogP) is 5.96. The molecule has 0 saturated heterocycles. The fourth-order valence-electron chi connectivity index (χ4n) is 3.63. The second-order valence-electron chi connectivity index (χ2n) is 7.31. The minimum absolute atomic E-state index is 0.0456. The van der Waals surface area contributed by atoms with E-state index in [4.69, 9.17) is 20.8 Å². The third-order valence-corrected chi connectivity index (χ3v) is 6.46. The number of hydrogen-bond acceptors (Lipinski definition) is 7. The molecule has 0 atom stereocenters. The number of fused-ring (bicyclic) bond motifs is 1. The van der Waals surface area contributed by atoms with Crippen LogP contribution in [0.2, 0.25) is 5.02 Å². The zero-order chi connectivity index (χ0) is 23.3. The molecule has 3 heterocycles. The van der Waals surface area contributed by atoms with E-state index in [1.54, 1.807) is 56.5 Å². The van der Waals surface area contributed by atoms with Crippen molar-refractivity contribution in [1.29, 1.82) is 0 Å². The molecule has 0 amide bonds. The van der Waals surface area contributed by atoms with E-state index in [2.05, 4.69) is 4.98 Å². The summed E-state index contributed by atoms with van der Waals surface area (Å²) in [5, 5.41) is 22.7. The van der Waals surface area contributed by atoms with Crippen LogP contribution in [-0.4, -0.2) is 32.7 Å². The van der Waals surface area contributed by atoms with E-state index in [1.807, 2.05) is 6.07 Å². The molecule has 9 heteroatoms. The van der Waals surface area contributed by atoms with Crippen LogP contribution < -0.4 is 4.74 Å². The number of benzene rings is 2. The van der Waals surface area contributed by atoms with Crippen molar-refractivity contribution in [2.24, 2.45) is 0 Å². The Morgan fingerprint density at radius 2 is 1.88 bits per heavy atom. The van der Waals surface area contributed by atoms with Crippen LogP contribution in [0.1, 0.15) is 21.9 Å². The van der Waals surface area contributed by atoms with Crippen LogP contribution in [0.4, 0.5) is 0 Å². The van der Waals surface area contributed by atoms with Crippen molar-refractivity contribution in [3.63, 3.8) is 0 Å². The number of methoxy groups -OCH3 is 1. The Balaban J connectivity index is 1.79. The van der Waals surface area contributed by atoms with Gasteiger partial charge in [-0.25, -0.2) is 4.98 Å². The van der Waals surface area contributed by atoms with E-state index in [9.17, 15) is 15.0 Å². The number of furan rings is 1. The van der Waals surface area contributed by atoms with Crippen molar-refractivity contribution in [2.75, 3.05) is 7.11 Å². The Morgan fingerprint density at radius 1 is 1.12 bits per heavy atom. The molecule has 5 rings (SSSR count). The van der Waals surface area contributed by atoms with Crippen molar-refractivity contribution in [3.8, 4) is 33.8 Å². The monoisotopic (exact) mass is 480 g/mol. The molecule has 33 heavy (non-hydrogen) atoms. The third-order valence-electron chi connectivity index (χ3n) is 5.21. The van der Waals surface area contributed by atoms with Gasteiger partial charge >= 0.3 is 0 Å². The lowest BCUT2D eigenvalue weighted by molar-refractivity contribution is 0.101. The molecule has 0 radical (unpaired) electrons. The van der Waals surface area contributed by atoms with E-state index in [1.165, 1.54) is 22.0 Å². The van der Waals surface area contributed by atoms with Crippen molar-refractivity contribution in [3.05, 3.63) is 76.7 Å². The van der Waals surface area contributed by atoms with Gasteiger partial charge in [0.25, 0.3) is 0 Å². The molecule has 0 bridgehead atoms. The lowest BCUT2D eigenvalue weighted by Gasteiger charge is -2.09. The normalized spacial score (nSPS) is 11.2. The van der Waals surface area contributed by atoms with Gasteiger partial charge in [-0.15, -0.1) is 0 Å². The van der Waals surface area contributed by atoms with E-state index in [-0.39, 0.29) is 17.0 Å². The molecule has 2 aromatic carbocycles. The van der Waals surface area contributed by atoms with Gasteiger partial charge in [0, 0.05) is 5.02 Å². The third kappa shape index (κ3) is 3.53. The van der Waals surface area contributed by atoms with Gasteiger partial charge in [-0.2, -0.15) is 0 Å². The molecule has 0 aliphatic rings. The average molecular weight is 481 g/mol. The number of aryl methyl sites for hydroxylation is 1. The summed E-state index contributed by atoms with van der Waals surface area (Å²) in [6.07, 6.45) is 0. The smallest absolute Gasteiger partial charge is 0.242 e. The fraction of sp³-hybridized carbons (Fsp3) is 0.0833. The zero-order valence-corrected chi connectivity index (χ0v) is 19.1. The molecule has 5 aromatic rings. The minimum atomic E-state index is -0.567. The van der Waals surface area contributed by atoms with Gasteiger partial charge in [-0.1, -0.05) is 35.1 Å². The molecule has 0 aliphatic heterocycles. The van der Waals surface area contributed by atoms with Crippen LogP contribution in [0.3, 0.4) is 0 Å². The van der Waals surface area contributed by atoms with Crippen LogP contribution in [-0.2, 0) is 0 Å². The summed E-state index contributed by atoms with van der Waals surface area (Å²) in [5.74, 6) is -0.367. The highest BCUT2D eigenvalue weighted by molar-refractivity contribution is 7.20. The molecule has 2 N–H and O–H groups in total. The van der Waals surface area contributed by atoms with Gasteiger partial charge in [0.2, 0.25) is 11.7 Å². The van der Waals surface area contributed by atoms with Crippen LogP contribution >= 0.6 is 22.9 Å². The second-order valence-corrected chi connectivity index (χ2v) is 8.75. The molecule has 7 nitrogen and oxygen atoms in total. The summed E-state index contributed by atoms with van der Waals surface area (Å²) in [6.45, 7) is 1.72. The first-order chi connectivity index (χ1) is 15.9. The Bertz CT molecular complexity index is 1510. The highest BCUT2D eigenvalue weighted by Gasteiger charge is 2.32. The molecular formula is C24H17ClN2O5S. The molecule has 0 fully saturated rings. The lowest BCUT2D eigenvalue weighted by Crippen LogP contribution is -2.04. The average Bonchev–Trinajstić information content (AvgIpc) is 3.49. The summed E-state index contributed by atoms with van der Waals surface area (Å²) < 4.78 is 13.0. The number of thiazole rings is 1. The first-order valence-electron chi connectivity index (χ1n) is 9.86. The SMILES string of the molecule is COc1ccc2nc(-n3c(O)c(O)c(C(=O)c4ccc(C)o4)c3-c3ccc(Cl)cc3)sc2c1. The quantitative estimate of drug-likeness (QED) is 0.301. The summed E-state index contributed by atoms with van der Waals surface area (Å²) in [4.78, 5) is 18.0. The van der Waals surface area contributed by atoms with Gasteiger partial charge < -0.3 is 19.4 Å². The second kappa shape index (κ2) is 7.99. The topological polar surface area (TPSA) is 97.7 Å². The Kier molecular flexibility index (Phi) is 5.11. The number of carbonyl (C=O) groups excluding carboxylic acids is 1. The van der Waals surface area contributed by atoms with Gasteiger partial charge in [-0.05, 0) is 55.0 Å². The van der Waals surface area contributed by atoms with Crippen LogP contribution in [0.15, 0.2) is 59.0 Å². The van der Waals surface area contributed by atoms with Gasteiger partial charge in [0.1, 0.15) is 11.5 Å². The lowest BCUT2D eigenvalue weighted by atomic mass is 10.0. The minimum Gasteiger partial charge on any atom is -0.503 e. The number of hydrogen-bond donors (Lipinski definition) is 2. The number of aromatic hydroxyl groups is 2. The van der Waals surface area contributed by atoms with Crippen LogP contribution in [0.25, 0.3) is 26.6 Å². The molecule has 0 spiro atoms. The Hall–Kier alpha value is -3.75. The molecule has 166 valence electrons. The van der Waals surface area contributed by atoms with Crippen molar-refractivity contribution in [1.82, 2.24) is 9.55 Å². The first kappa shape index (κ1) is 21.1. The summed E-state index contributed by atoms with van der Waals surface area (Å²) in [5.41, 5.74) is 1.41. The first-order valence-corrected chi connectivity index (χ1v) is 11.1. The highest BCUT2D eigenvalue weighted by Crippen LogP contribution is 2.45. The fourth-order valence-corrected chi connectivity index (χ4v) is 4.75. The maximum absolute atomic E-state index is 13.4. The molecular weight excluding hydrogens is 464 g/mol. The van der Waals surface area contributed by atoms with Crippen molar-refractivity contribution >= 4 is 38.9 Å². The molecule has 3 aromatic heterocycles. The van der Waals surface area contributed by atoms with Crippen molar-refractivity contribution in [2.45, 2.75) is 6.92 Å². The number of aromatic nitrogens is 2. The summed E-state index contributed by atoms with van der Waals surface area (Å²) in [6, 6.07) is 15.3. The number of carbonyl (C=O) groups is 1. The molecule has 0 unspecified atom stereocenters. The largest absolute Gasteiger partial charge is 0.503 e. The molecule has 0 aliphatic carbocycles. The van der Waals surface area contributed by atoms with E-state index in [0.29, 0.717) is 32.7 Å². The molecule has 0 saturated carbocycles. The van der Waals surface area contributed by atoms with Crippen LogP contribution in [0, 0.1) is 6.92 Å². The van der Waals surface area contributed by atoms with Crippen molar-refractivity contribution < 1.29 is 24.2 Å². The van der Waals surface area contributed by atoms with E-state index >= 15 is 0 Å². The van der Waals surface area contributed by atoms with E-state index < -0.39 is 17.4 Å². The summed E-state index contributed by atoms with van der Waals surface area (Å²) >= 11 is 7.35. The zero-order valence-electron chi connectivity index (χ0n) is 17.5. The van der Waals surface area contributed by atoms with Gasteiger partial charge in [0.05, 0.1) is 28.6 Å². The Labute approximate surface area is 197 Å². The Morgan fingerprint density at radius 3 is 2.55 bits per heavy atom. The number of ketones is 1. The van der Waals surface area contributed by atoms with Gasteiger partial charge in [-0.3, -0.25) is 9.36 Å². The number of nitrogens with zero attached hydrogens (tertiary/aromatic N) is 2. The highest BCUT2D eigenvalue weighted by atomic mass is 35.5. The van der Waals surface area contributed by atoms with Gasteiger partial charge in [0.15, 0.2) is 16.6 Å². The maximum atomic E-state index is 13.4. The number of rotatable bonds is 5. The summed E-state index contributed by atoms with van der Waals surface area (Å²) in [7, 11) is 1.58. The standard InChI is InChI=1S/C24H17ClN2O5S/c1-12-3-10-17(32-12)21(28)19-20(13-4-6-14(25)7-5-13)27(23(30)22(19)29)24-26-16-9-8-15(31-2)11-18(16)33-24/h3-11,29-30H,1-2H3. The number of ether oxygens (including phenoxy) is 1. The predicted molar refractivity (Wildman–Crippen MR) is 126 cm³/mol.